The number of rotatable bonds is 4. The lowest BCUT2D eigenvalue weighted by molar-refractivity contribution is -0.136. The van der Waals surface area contributed by atoms with Gasteiger partial charge in [-0.3, -0.25) is 9.59 Å². The second-order valence-electron chi connectivity index (χ2n) is 6.35. The molecule has 114 valence electrons. The van der Waals surface area contributed by atoms with E-state index in [0.717, 1.165) is 6.42 Å². The molecule has 0 bridgehead atoms. The number of piperidine rings is 1. The van der Waals surface area contributed by atoms with Crippen molar-refractivity contribution in [2.45, 2.75) is 57.4 Å². The van der Waals surface area contributed by atoms with Crippen LogP contribution in [0.3, 0.4) is 0 Å². The zero-order chi connectivity index (χ0) is 14.5. The van der Waals surface area contributed by atoms with Crippen LogP contribution in [0.25, 0.3) is 0 Å². The molecule has 1 saturated heterocycles. The van der Waals surface area contributed by atoms with E-state index in [0.29, 0.717) is 31.8 Å². The predicted octanol–water partition coefficient (Wildman–Crippen LogP) is 1.01. The number of carbonyl (C=O) groups excluding carboxylic acids is 2. The first-order valence-corrected chi connectivity index (χ1v) is 7.91. The molecule has 0 aromatic rings. The van der Waals surface area contributed by atoms with Gasteiger partial charge in [-0.1, -0.05) is 32.1 Å². The van der Waals surface area contributed by atoms with E-state index in [2.05, 4.69) is 0 Å². The lowest BCUT2D eigenvalue weighted by Crippen LogP contribution is -2.49. The van der Waals surface area contributed by atoms with Crippen LogP contribution in [-0.4, -0.2) is 35.8 Å². The maximum atomic E-state index is 12.3. The van der Waals surface area contributed by atoms with Gasteiger partial charge in [0.25, 0.3) is 0 Å². The van der Waals surface area contributed by atoms with Gasteiger partial charge in [-0.2, -0.15) is 0 Å². The SMILES string of the molecule is NC(=O)C1CCN(C(=O)C(N)CC2CCCCC2)CC1. The number of likely N-dealkylation sites (tertiary alicyclic amines) is 1. The zero-order valence-electron chi connectivity index (χ0n) is 12.2. The van der Waals surface area contributed by atoms with Crippen molar-refractivity contribution in [3.63, 3.8) is 0 Å². The van der Waals surface area contributed by atoms with Gasteiger partial charge < -0.3 is 16.4 Å². The van der Waals surface area contributed by atoms with E-state index in [-0.39, 0.29) is 23.8 Å². The summed E-state index contributed by atoms with van der Waals surface area (Å²) >= 11 is 0. The summed E-state index contributed by atoms with van der Waals surface area (Å²) in [6.45, 7) is 1.23. The van der Waals surface area contributed by atoms with Crippen molar-refractivity contribution in [2.75, 3.05) is 13.1 Å². The average molecular weight is 281 g/mol. The number of amides is 2. The number of nitrogens with two attached hydrogens (primary N) is 2. The van der Waals surface area contributed by atoms with Crippen LogP contribution in [0.1, 0.15) is 51.4 Å². The van der Waals surface area contributed by atoms with E-state index >= 15 is 0 Å². The molecule has 4 N–H and O–H groups in total. The van der Waals surface area contributed by atoms with Gasteiger partial charge in [0, 0.05) is 19.0 Å². The summed E-state index contributed by atoms with van der Waals surface area (Å²) < 4.78 is 0. The fraction of sp³-hybridized carbons (Fsp3) is 0.867. The Morgan fingerprint density at radius 2 is 1.65 bits per heavy atom. The number of primary amides is 1. The van der Waals surface area contributed by atoms with Gasteiger partial charge in [0.2, 0.25) is 11.8 Å². The fourth-order valence-corrected chi connectivity index (χ4v) is 3.50. The molecule has 1 aliphatic carbocycles. The third-order valence-corrected chi connectivity index (χ3v) is 4.84. The van der Waals surface area contributed by atoms with Crippen LogP contribution < -0.4 is 11.5 Å². The van der Waals surface area contributed by atoms with Gasteiger partial charge in [0.15, 0.2) is 0 Å². The van der Waals surface area contributed by atoms with Crippen molar-refractivity contribution in [1.29, 1.82) is 0 Å². The summed E-state index contributed by atoms with van der Waals surface area (Å²) in [5.41, 5.74) is 11.4. The highest BCUT2D eigenvalue weighted by Crippen LogP contribution is 2.27. The highest BCUT2D eigenvalue weighted by atomic mass is 16.2. The summed E-state index contributed by atoms with van der Waals surface area (Å²) in [7, 11) is 0. The Bertz CT molecular complexity index is 345. The molecule has 0 aromatic carbocycles. The Hall–Kier alpha value is -1.10. The van der Waals surface area contributed by atoms with Gasteiger partial charge in [0.1, 0.15) is 0 Å². The normalized spacial score (nSPS) is 23.6. The molecule has 1 heterocycles. The minimum Gasteiger partial charge on any atom is -0.369 e. The van der Waals surface area contributed by atoms with E-state index in [4.69, 9.17) is 11.5 Å². The molecular weight excluding hydrogens is 254 g/mol. The van der Waals surface area contributed by atoms with Crippen LogP contribution in [0.4, 0.5) is 0 Å². The van der Waals surface area contributed by atoms with Crippen LogP contribution >= 0.6 is 0 Å². The summed E-state index contributed by atoms with van der Waals surface area (Å²) in [5.74, 6) is 0.349. The molecule has 1 unspecified atom stereocenters. The van der Waals surface area contributed by atoms with Crippen molar-refractivity contribution in [3.8, 4) is 0 Å². The maximum Gasteiger partial charge on any atom is 0.239 e. The molecule has 0 radical (unpaired) electrons. The second-order valence-corrected chi connectivity index (χ2v) is 6.35. The Labute approximate surface area is 121 Å². The van der Waals surface area contributed by atoms with E-state index in [1.807, 2.05) is 4.90 Å². The van der Waals surface area contributed by atoms with Crippen LogP contribution in [0.15, 0.2) is 0 Å². The van der Waals surface area contributed by atoms with Gasteiger partial charge >= 0.3 is 0 Å². The Balaban J connectivity index is 1.77. The number of hydrogen-bond acceptors (Lipinski definition) is 3. The first-order valence-electron chi connectivity index (χ1n) is 7.91. The topological polar surface area (TPSA) is 89.4 Å². The molecule has 2 rings (SSSR count). The quantitative estimate of drug-likeness (QED) is 0.806. The van der Waals surface area contributed by atoms with Crippen molar-refractivity contribution < 1.29 is 9.59 Å². The molecule has 2 fully saturated rings. The van der Waals surface area contributed by atoms with Crippen molar-refractivity contribution in [2.24, 2.45) is 23.3 Å². The smallest absolute Gasteiger partial charge is 0.239 e. The summed E-state index contributed by atoms with van der Waals surface area (Å²) in [6.07, 6.45) is 8.46. The number of carbonyl (C=O) groups is 2. The molecule has 2 amide bonds. The van der Waals surface area contributed by atoms with E-state index in [1.54, 1.807) is 0 Å². The van der Waals surface area contributed by atoms with Gasteiger partial charge in [-0.15, -0.1) is 0 Å². The fourth-order valence-electron chi connectivity index (χ4n) is 3.50. The van der Waals surface area contributed by atoms with Crippen molar-refractivity contribution in [1.82, 2.24) is 4.90 Å². The molecule has 1 aliphatic heterocycles. The zero-order valence-corrected chi connectivity index (χ0v) is 12.2. The van der Waals surface area contributed by atoms with Crippen LogP contribution in [0.5, 0.6) is 0 Å². The van der Waals surface area contributed by atoms with Crippen LogP contribution in [-0.2, 0) is 9.59 Å². The van der Waals surface area contributed by atoms with Crippen molar-refractivity contribution >= 4 is 11.8 Å². The lowest BCUT2D eigenvalue weighted by Gasteiger charge is -2.33. The second kappa shape index (κ2) is 7.07. The standard InChI is InChI=1S/C15H27N3O2/c16-13(10-11-4-2-1-3-5-11)15(20)18-8-6-12(7-9-18)14(17)19/h11-13H,1-10,16H2,(H2,17,19). The average Bonchev–Trinajstić information content (AvgIpc) is 2.47. The van der Waals surface area contributed by atoms with Crippen molar-refractivity contribution in [3.05, 3.63) is 0 Å². The summed E-state index contributed by atoms with van der Waals surface area (Å²) in [6, 6.07) is -0.372. The number of nitrogens with zero attached hydrogens (tertiary/aromatic N) is 1. The molecule has 0 aromatic heterocycles. The molecule has 5 nitrogen and oxygen atoms in total. The third kappa shape index (κ3) is 3.95. The molecule has 1 saturated carbocycles. The van der Waals surface area contributed by atoms with Crippen LogP contribution in [0.2, 0.25) is 0 Å². The first-order chi connectivity index (χ1) is 9.58. The minimum absolute atomic E-state index is 0.0542. The highest BCUT2D eigenvalue weighted by Gasteiger charge is 2.29. The Morgan fingerprint density at radius 1 is 1.05 bits per heavy atom. The number of hydrogen-bond donors (Lipinski definition) is 2. The molecule has 5 heteroatoms. The van der Waals surface area contributed by atoms with Gasteiger partial charge in [-0.25, -0.2) is 0 Å². The highest BCUT2D eigenvalue weighted by molar-refractivity contribution is 5.82. The predicted molar refractivity (Wildman–Crippen MR) is 77.7 cm³/mol. The third-order valence-electron chi connectivity index (χ3n) is 4.84. The lowest BCUT2D eigenvalue weighted by atomic mass is 9.84. The Morgan fingerprint density at radius 3 is 2.20 bits per heavy atom. The molecular formula is C15H27N3O2. The van der Waals surface area contributed by atoms with E-state index in [1.165, 1.54) is 32.1 Å². The van der Waals surface area contributed by atoms with Crippen LogP contribution in [0, 0.1) is 11.8 Å². The summed E-state index contributed by atoms with van der Waals surface area (Å²) in [4.78, 5) is 25.3. The monoisotopic (exact) mass is 281 g/mol. The summed E-state index contributed by atoms with van der Waals surface area (Å²) in [5, 5.41) is 0. The molecule has 0 spiro atoms. The molecule has 20 heavy (non-hydrogen) atoms. The Kier molecular flexibility index (Phi) is 5.40. The van der Waals surface area contributed by atoms with E-state index < -0.39 is 0 Å². The largest absolute Gasteiger partial charge is 0.369 e. The maximum absolute atomic E-state index is 12.3. The molecule has 1 atom stereocenters. The van der Waals surface area contributed by atoms with E-state index in [9.17, 15) is 9.59 Å². The minimum atomic E-state index is -0.372. The first kappa shape index (κ1) is 15.3. The van der Waals surface area contributed by atoms with Gasteiger partial charge in [-0.05, 0) is 25.2 Å². The molecule has 2 aliphatic rings. The van der Waals surface area contributed by atoms with Gasteiger partial charge in [0.05, 0.1) is 6.04 Å².